The van der Waals surface area contributed by atoms with E-state index in [0.29, 0.717) is 0 Å². The van der Waals surface area contributed by atoms with Crippen molar-refractivity contribution < 1.29 is 0 Å². The summed E-state index contributed by atoms with van der Waals surface area (Å²) in [5.41, 5.74) is 0. The Morgan fingerprint density at radius 1 is 1.71 bits per heavy atom. The highest BCUT2D eigenvalue weighted by atomic mass is 14.7. The molecule has 1 heteroatoms. The summed E-state index contributed by atoms with van der Waals surface area (Å²) < 4.78 is 0. The van der Waals surface area contributed by atoms with E-state index in [1.165, 1.54) is 12.8 Å². The SMILES string of the molecule is CCN=CC1CC1. The molecule has 0 heterocycles. The van der Waals surface area contributed by atoms with E-state index in [1.54, 1.807) is 0 Å². The van der Waals surface area contributed by atoms with Crippen molar-refractivity contribution in [1.82, 2.24) is 0 Å². The van der Waals surface area contributed by atoms with E-state index in [4.69, 9.17) is 0 Å². The van der Waals surface area contributed by atoms with Gasteiger partial charge in [0.05, 0.1) is 0 Å². The highest BCUT2D eigenvalue weighted by Gasteiger charge is 2.17. The van der Waals surface area contributed by atoms with Gasteiger partial charge in [0.15, 0.2) is 0 Å². The molecule has 1 aliphatic rings. The van der Waals surface area contributed by atoms with E-state index in [1.807, 2.05) is 0 Å². The fourth-order valence-electron chi connectivity index (χ4n) is 0.500. The van der Waals surface area contributed by atoms with Gasteiger partial charge in [-0.1, -0.05) is 0 Å². The zero-order valence-electron chi connectivity index (χ0n) is 4.72. The van der Waals surface area contributed by atoms with Gasteiger partial charge in [0.1, 0.15) is 0 Å². The molecule has 0 amide bonds. The summed E-state index contributed by atoms with van der Waals surface area (Å²) >= 11 is 0. The Kier molecular flexibility index (Phi) is 1.45. The quantitative estimate of drug-likeness (QED) is 0.463. The van der Waals surface area contributed by atoms with Gasteiger partial charge in [-0.15, -0.1) is 0 Å². The summed E-state index contributed by atoms with van der Waals surface area (Å²) in [7, 11) is 0. The Labute approximate surface area is 44.5 Å². The second-order valence-corrected chi connectivity index (χ2v) is 1.99. The lowest BCUT2D eigenvalue weighted by molar-refractivity contribution is 1.10. The first kappa shape index (κ1) is 4.82. The molecule has 7 heavy (non-hydrogen) atoms. The van der Waals surface area contributed by atoms with Crippen molar-refractivity contribution in [3.8, 4) is 0 Å². The first-order valence-electron chi connectivity index (χ1n) is 2.93. The van der Waals surface area contributed by atoms with Crippen LogP contribution < -0.4 is 0 Å². The maximum atomic E-state index is 4.11. The van der Waals surface area contributed by atoms with Gasteiger partial charge in [0, 0.05) is 12.8 Å². The minimum absolute atomic E-state index is 0.861. The molecule has 0 N–H and O–H groups in total. The van der Waals surface area contributed by atoms with Gasteiger partial charge in [0.25, 0.3) is 0 Å². The predicted octanol–water partition coefficient (Wildman–Crippen LogP) is 1.49. The molecule has 0 aromatic heterocycles. The first-order valence-corrected chi connectivity index (χ1v) is 2.93. The minimum atomic E-state index is 0.861. The third kappa shape index (κ3) is 1.72. The molecule has 0 bridgehead atoms. The summed E-state index contributed by atoms with van der Waals surface area (Å²) in [6.45, 7) is 3.02. The van der Waals surface area contributed by atoms with E-state index < -0.39 is 0 Å². The van der Waals surface area contributed by atoms with Gasteiger partial charge in [-0.25, -0.2) is 0 Å². The third-order valence-corrected chi connectivity index (χ3v) is 1.12. The van der Waals surface area contributed by atoms with Crippen molar-refractivity contribution in [2.75, 3.05) is 6.54 Å². The second-order valence-electron chi connectivity index (χ2n) is 1.99. The van der Waals surface area contributed by atoms with Crippen LogP contribution in [0.2, 0.25) is 0 Å². The van der Waals surface area contributed by atoms with E-state index in [-0.39, 0.29) is 0 Å². The molecule has 1 aliphatic carbocycles. The summed E-state index contributed by atoms with van der Waals surface area (Å²) in [5, 5.41) is 0. The fourth-order valence-corrected chi connectivity index (χ4v) is 0.500. The summed E-state index contributed by atoms with van der Waals surface area (Å²) in [5.74, 6) is 0.861. The Hall–Kier alpha value is -0.330. The fraction of sp³-hybridized carbons (Fsp3) is 0.833. The van der Waals surface area contributed by atoms with Gasteiger partial charge in [-0.05, 0) is 25.7 Å². The van der Waals surface area contributed by atoms with Crippen LogP contribution in [0.25, 0.3) is 0 Å². The normalized spacial score (nSPS) is 21.3. The van der Waals surface area contributed by atoms with Crippen LogP contribution in [-0.2, 0) is 0 Å². The molecule has 0 atom stereocenters. The van der Waals surface area contributed by atoms with Crippen molar-refractivity contribution in [3.63, 3.8) is 0 Å². The number of rotatable bonds is 2. The number of nitrogens with zero attached hydrogens (tertiary/aromatic N) is 1. The van der Waals surface area contributed by atoms with E-state index in [0.717, 1.165) is 12.5 Å². The van der Waals surface area contributed by atoms with Crippen LogP contribution in [0.15, 0.2) is 4.99 Å². The first-order chi connectivity index (χ1) is 3.43. The maximum absolute atomic E-state index is 4.11. The molecular formula is C6H11N. The average Bonchev–Trinajstić information content (AvgIpc) is 2.42. The van der Waals surface area contributed by atoms with E-state index in [9.17, 15) is 0 Å². The lowest BCUT2D eigenvalue weighted by Gasteiger charge is -1.76. The predicted molar refractivity (Wildman–Crippen MR) is 31.8 cm³/mol. The molecule has 1 fully saturated rings. The zero-order chi connectivity index (χ0) is 5.11. The molecule has 0 aliphatic heterocycles. The Morgan fingerprint density at radius 3 is 2.86 bits per heavy atom. The van der Waals surface area contributed by atoms with Crippen LogP contribution in [0.3, 0.4) is 0 Å². The van der Waals surface area contributed by atoms with Crippen LogP contribution in [0.1, 0.15) is 19.8 Å². The largest absolute Gasteiger partial charge is 0.298 e. The van der Waals surface area contributed by atoms with Crippen molar-refractivity contribution in [2.45, 2.75) is 19.8 Å². The molecule has 1 nitrogen and oxygen atoms in total. The van der Waals surface area contributed by atoms with Crippen molar-refractivity contribution in [2.24, 2.45) is 10.9 Å². The van der Waals surface area contributed by atoms with E-state index in [2.05, 4.69) is 18.1 Å². The zero-order valence-corrected chi connectivity index (χ0v) is 4.72. The Balaban J connectivity index is 2.05. The van der Waals surface area contributed by atoms with Crippen LogP contribution in [0, 0.1) is 5.92 Å². The third-order valence-electron chi connectivity index (χ3n) is 1.12. The van der Waals surface area contributed by atoms with Crippen molar-refractivity contribution in [3.05, 3.63) is 0 Å². The highest BCUT2D eigenvalue weighted by Crippen LogP contribution is 2.26. The molecule has 0 saturated heterocycles. The lowest BCUT2D eigenvalue weighted by Crippen LogP contribution is -1.75. The minimum Gasteiger partial charge on any atom is -0.298 e. The molecule has 0 aromatic carbocycles. The van der Waals surface area contributed by atoms with Crippen LogP contribution >= 0.6 is 0 Å². The molecule has 0 spiro atoms. The van der Waals surface area contributed by atoms with Gasteiger partial charge in [-0.3, -0.25) is 4.99 Å². The number of aliphatic imine (C=N–C) groups is 1. The Morgan fingerprint density at radius 2 is 2.43 bits per heavy atom. The monoisotopic (exact) mass is 97.1 g/mol. The van der Waals surface area contributed by atoms with Crippen LogP contribution in [-0.4, -0.2) is 12.8 Å². The summed E-state index contributed by atoms with van der Waals surface area (Å²) in [6, 6.07) is 0. The average molecular weight is 97.2 g/mol. The van der Waals surface area contributed by atoms with Crippen LogP contribution in [0.4, 0.5) is 0 Å². The molecule has 40 valence electrons. The highest BCUT2D eigenvalue weighted by molar-refractivity contribution is 5.63. The molecular weight excluding hydrogens is 86.1 g/mol. The number of hydrogen-bond acceptors (Lipinski definition) is 1. The molecule has 0 unspecified atom stereocenters. The summed E-state index contributed by atoms with van der Waals surface area (Å²) in [6.07, 6.45) is 4.84. The molecule has 0 radical (unpaired) electrons. The summed E-state index contributed by atoms with van der Waals surface area (Å²) in [4.78, 5) is 4.11. The van der Waals surface area contributed by atoms with E-state index >= 15 is 0 Å². The molecule has 1 rings (SSSR count). The Bertz CT molecular complexity index is 72.2. The van der Waals surface area contributed by atoms with Crippen molar-refractivity contribution >= 4 is 6.21 Å². The van der Waals surface area contributed by atoms with Crippen LogP contribution in [0.5, 0.6) is 0 Å². The molecule has 0 aromatic rings. The lowest BCUT2D eigenvalue weighted by atomic mass is 10.5. The van der Waals surface area contributed by atoms with Crippen molar-refractivity contribution in [1.29, 1.82) is 0 Å². The standard InChI is InChI=1S/C6H11N/c1-2-7-5-6-3-4-6/h5-6H,2-4H2,1H3. The topological polar surface area (TPSA) is 12.4 Å². The molecule has 1 saturated carbocycles. The maximum Gasteiger partial charge on any atom is 0.0357 e. The van der Waals surface area contributed by atoms with Gasteiger partial charge in [0.2, 0.25) is 0 Å². The smallest absolute Gasteiger partial charge is 0.0357 e. The second kappa shape index (κ2) is 2.10. The number of hydrogen-bond donors (Lipinski definition) is 0. The van der Waals surface area contributed by atoms with Gasteiger partial charge >= 0.3 is 0 Å². The van der Waals surface area contributed by atoms with Gasteiger partial charge in [-0.2, -0.15) is 0 Å². The van der Waals surface area contributed by atoms with Gasteiger partial charge < -0.3 is 0 Å².